The van der Waals surface area contributed by atoms with Gasteiger partial charge in [0.15, 0.2) is 5.82 Å². The molecule has 3 aliphatic heterocycles. The normalized spacial score (nSPS) is 17.5. The van der Waals surface area contributed by atoms with Crippen LogP contribution in [0.5, 0.6) is 0 Å². The number of imide groups is 1. The number of aryl methyl sites for hydroxylation is 1. The number of halogens is 4. The second-order valence-corrected chi connectivity index (χ2v) is 16.0. The topological polar surface area (TPSA) is 149 Å². The van der Waals surface area contributed by atoms with Crippen LogP contribution in [-0.2, 0) is 20.9 Å². The summed E-state index contributed by atoms with van der Waals surface area (Å²) in [5.74, 6) is -2.98. The first-order valence-corrected chi connectivity index (χ1v) is 20.2. The van der Waals surface area contributed by atoms with Crippen molar-refractivity contribution in [2.24, 2.45) is 0 Å². The van der Waals surface area contributed by atoms with Crippen LogP contribution in [0.2, 0.25) is 5.02 Å². The lowest BCUT2D eigenvalue weighted by molar-refractivity contribution is -0.134. The molecule has 0 bridgehead atoms. The second kappa shape index (κ2) is 16.8. The maximum Gasteiger partial charge on any atom is 0.269 e. The van der Waals surface area contributed by atoms with E-state index in [-0.39, 0.29) is 70.5 Å². The predicted molar refractivity (Wildman–Crippen MR) is 221 cm³/mol. The summed E-state index contributed by atoms with van der Waals surface area (Å²) in [5, 5.41) is 13.5. The number of nitrogens with one attached hydrogen (secondary N) is 3. The predicted octanol–water partition coefficient (Wildman–Crippen LogP) is 6.51. The number of H-pyrrole nitrogens is 1. The number of rotatable bonds is 10. The van der Waals surface area contributed by atoms with E-state index in [4.69, 9.17) is 11.6 Å². The molecule has 8 rings (SSSR count). The zero-order valence-electron chi connectivity index (χ0n) is 33.0. The maximum absolute atomic E-state index is 16.6. The van der Waals surface area contributed by atoms with E-state index in [1.165, 1.54) is 23.2 Å². The van der Waals surface area contributed by atoms with Crippen LogP contribution in [0.1, 0.15) is 66.1 Å². The fourth-order valence-corrected chi connectivity index (χ4v) is 8.60. The van der Waals surface area contributed by atoms with Crippen molar-refractivity contribution in [2.45, 2.75) is 57.0 Å². The molecular weight excluding hydrogens is 799 g/mol. The Hall–Kier alpha value is -6.16. The molecule has 1 atom stereocenters. The first kappa shape index (κ1) is 40.6. The molecule has 17 heteroatoms. The van der Waals surface area contributed by atoms with E-state index >= 15 is 13.2 Å². The maximum atomic E-state index is 16.6. The molecule has 4 amide bonds. The van der Waals surface area contributed by atoms with Crippen LogP contribution in [0.3, 0.4) is 0 Å². The summed E-state index contributed by atoms with van der Waals surface area (Å²) in [6, 6.07) is 10.2. The van der Waals surface area contributed by atoms with Crippen molar-refractivity contribution in [3.8, 4) is 11.1 Å². The minimum Gasteiger partial charge on any atom is -0.374 e. The van der Waals surface area contributed by atoms with Gasteiger partial charge in [-0.3, -0.25) is 29.2 Å². The fraction of sp³-hybridized carbons (Fsp3) is 0.349. The van der Waals surface area contributed by atoms with Gasteiger partial charge in [-0.05, 0) is 84.7 Å². The molecule has 312 valence electrons. The monoisotopic (exact) mass is 841 g/mol. The molecule has 5 aromatic rings. The van der Waals surface area contributed by atoms with Gasteiger partial charge in [0.1, 0.15) is 23.4 Å². The summed E-state index contributed by atoms with van der Waals surface area (Å²) >= 11 is 6.99. The number of carbonyl (C=O) groups excluding carboxylic acids is 4. The van der Waals surface area contributed by atoms with Gasteiger partial charge in [-0.2, -0.15) is 0 Å². The van der Waals surface area contributed by atoms with Crippen molar-refractivity contribution in [3.05, 3.63) is 100 Å². The average molecular weight is 842 g/mol. The summed E-state index contributed by atoms with van der Waals surface area (Å²) in [6.07, 6.45) is 7.38. The SMILES string of the molecule is CN(C)C(=O)c1cc2c(-c3cc(F)c(N4CCC(c5ccc(NC6CCC(=O)NC6=O)cc5F)CC4)cc3Cl)cc(C3=CCCN(C(=O)CCn4ccnn4)C3)c(F)c2[nH]1. The number of hydrogen-bond acceptors (Lipinski definition) is 8. The lowest BCUT2D eigenvalue weighted by Gasteiger charge is -2.34. The molecule has 2 aromatic heterocycles. The van der Waals surface area contributed by atoms with E-state index in [1.54, 1.807) is 60.2 Å². The number of anilines is 2. The van der Waals surface area contributed by atoms with E-state index in [0.29, 0.717) is 85.2 Å². The highest BCUT2D eigenvalue weighted by Gasteiger charge is 2.30. The Balaban J connectivity index is 1.03. The van der Waals surface area contributed by atoms with Gasteiger partial charge >= 0.3 is 0 Å². The first-order chi connectivity index (χ1) is 28.8. The summed E-state index contributed by atoms with van der Waals surface area (Å²) < 4.78 is 50.0. The first-order valence-electron chi connectivity index (χ1n) is 19.9. The van der Waals surface area contributed by atoms with E-state index in [0.717, 1.165) is 0 Å². The number of aromatic amines is 1. The quantitative estimate of drug-likeness (QED) is 0.135. The standard InChI is InChI=1S/C43H43ClF3N9O4/c1-53(2)43(60)36-21-31-29(19-28(40(47)41(31)50-36)25-4-3-13-55(23-25)39(58)11-16-56-17-12-48-52-56)30-20-34(46)37(22-32(30)44)54-14-9-24(10-15-54)27-6-5-26(18-33(27)45)49-35-7-8-38(57)51-42(35)59/h4-6,12,17-22,24,35,49-50H,3,7-11,13-16,23H2,1-2H3,(H,51,57,59). The van der Waals surface area contributed by atoms with Crippen molar-refractivity contribution < 1.29 is 32.3 Å². The third-order valence-electron chi connectivity index (χ3n) is 11.5. The third kappa shape index (κ3) is 8.20. The Labute approximate surface area is 348 Å². The van der Waals surface area contributed by atoms with Gasteiger partial charge in [-0.25, -0.2) is 13.2 Å². The number of carbonyl (C=O) groups is 4. The molecule has 2 fully saturated rings. The van der Waals surface area contributed by atoms with Crippen molar-refractivity contribution in [3.63, 3.8) is 0 Å². The molecule has 5 heterocycles. The van der Waals surface area contributed by atoms with Gasteiger partial charge in [0.05, 0.1) is 29.0 Å². The van der Waals surface area contributed by atoms with Crippen molar-refractivity contribution in [2.75, 3.05) is 50.5 Å². The number of benzene rings is 3. The van der Waals surface area contributed by atoms with Gasteiger partial charge in [-0.15, -0.1) is 5.10 Å². The number of aromatic nitrogens is 4. The van der Waals surface area contributed by atoms with Gasteiger partial charge in [-0.1, -0.05) is 29.0 Å². The van der Waals surface area contributed by atoms with Gasteiger partial charge < -0.3 is 25.0 Å². The summed E-state index contributed by atoms with van der Waals surface area (Å²) in [7, 11) is 3.17. The highest BCUT2D eigenvalue weighted by Crippen LogP contribution is 2.42. The average Bonchev–Trinajstić information content (AvgIpc) is 3.94. The molecule has 3 aromatic carbocycles. The zero-order valence-corrected chi connectivity index (χ0v) is 33.8. The molecular formula is C43H43ClF3N9O4. The zero-order chi connectivity index (χ0) is 42.2. The van der Waals surface area contributed by atoms with E-state index < -0.39 is 29.4 Å². The third-order valence-corrected chi connectivity index (χ3v) is 11.9. The Kier molecular flexibility index (Phi) is 11.4. The smallest absolute Gasteiger partial charge is 0.269 e. The van der Waals surface area contributed by atoms with Gasteiger partial charge in [0, 0.05) is 81.5 Å². The van der Waals surface area contributed by atoms with Crippen LogP contribution >= 0.6 is 11.6 Å². The molecule has 13 nitrogen and oxygen atoms in total. The molecule has 3 aliphatic rings. The Morgan fingerprint density at radius 2 is 1.77 bits per heavy atom. The highest BCUT2D eigenvalue weighted by atomic mass is 35.5. The van der Waals surface area contributed by atoms with E-state index in [2.05, 4.69) is 25.9 Å². The minimum absolute atomic E-state index is 0.0536. The number of amides is 4. The molecule has 0 saturated carbocycles. The lowest BCUT2D eigenvalue weighted by Crippen LogP contribution is -2.47. The van der Waals surface area contributed by atoms with Crippen LogP contribution in [0, 0.1) is 17.5 Å². The van der Waals surface area contributed by atoms with Crippen molar-refractivity contribution >= 4 is 63.1 Å². The van der Waals surface area contributed by atoms with Crippen molar-refractivity contribution in [1.82, 2.24) is 35.1 Å². The molecule has 3 N–H and O–H groups in total. The lowest BCUT2D eigenvalue weighted by atomic mass is 9.88. The van der Waals surface area contributed by atoms with Crippen LogP contribution in [-0.4, -0.2) is 99.7 Å². The molecule has 0 aliphatic carbocycles. The number of nitrogens with zero attached hydrogens (tertiary/aromatic N) is 6. The van der Waals surface area contributed by atoms with Crippen LogP contribution < -0.4 is 15.5 Å². The summed E-state index contributed by atoms with van der Waals surface area (Å²) in [4.78, 5) is 57.8. The number of hydrogen-bond donors (Lipinski definition) is 3. The van der Waals surface area contributed by atoms with E-state index in [9.17, 15) is 19.2 Å². The van der Waals surface area contributed by atoms with E-state index in [1.807, 2.05) is 11.0 Å². The number of fused-ring (bicyclic) bond motifs is 1. The summed E-state index contributed by atoms with van der Waals surface area (Å²) in [5.41, 5.74) is 2.91. The van der Waals surface area contributed by atoms with Crippen LogP contribution in [0.15, 0.2) is 60.9 Å². The largest absolute Gasteiger partial charge is 0.374 e. The van der Waals surface area contributed by atoms with Crippen molar-refractivity contribution in [1.29, 1.82) is 0 Å². The molecule has 0 spiro atoms. The minimum atomic E-state index is -0.632. The Morgan fingerprint density at radius 3 is 2.48 bits per heavy atom. The summed E-state index contributed by atoms with van der Waals surface area (Å²) in [6.45, 7) is 1.80. The van der Waals surface area contributed by atoms with Gasteiger partial charge in [0.25, 0.3) is 5.91 Å². The van der Waals surface area contributed by atoms with Gasteiger partial charge in [0.2, 0.25) is 17.7 Å². The molecule has 2 saturated heterocycles. The molecule has 60 heavy (non-hydrogen) atoms. The molecule has 0 radical (unpaired) electrons. The second-order valence-electron chi connectivity index (χ2n) is 15.6. The highest BCUT2D eigenvalue weighted by molar-refractivity contribution is 6.34. The number of piperidine rings is 2. The Morgan fingerprint density at radius 1 is 0.967 bits per heavy atom. The molecule has 1 unspecified atom stereocenters. The van der Waals surface area contributed by atoms with Crippen LogP contribution in [0.25, 0.3) is 27.6 Å². The Bertz CT molecular complexity index is 2530. The fourth-order valence-electron chi connectivity index (χ4n) is 8.34. The van der Waals surface area contributed by atoms with Crippen LogP contribution in [0.4, 0.5) is 24.5 Å².